The Morgan fingerprint density at radius 3 is 2.46 bits per heavy atom. The van der Waals surface area contributed by atoms with Crippen molar-refractivity contribution in [1.82, 2.24) is 10.6 Å². The Morgan fingerprint density at radius 2 is 1.84 bits per heavy atom. The Bertz CT molecular complexity index is 1060. The summed E-state index contributed by atoms with van der Waals surface area (Å²) < 4.78 is 30.6. The number of rotatable bonds is 14. The van der Waals surface area contributed by atoms with Gasteiger partial charge in [0.05, 0.1) is 6.42 Å². The normalized spacial score (nSPS) is 14.9. The van der Waals surface area contributed by atoms with Crippen LogP contribution in [0.15, 0.2) is 40.8 Å². The number of nitrogens with one attached hydrogen (secondary N) is 2. The van der Waals surface area contributed by atoms with Crippen LogP contribution in [0.1, 0.15) is 69.3 Å². The quantitative estimate of drug-likeness (QED) is 0.315. The molecule has 1 aromatic carbocycles. The Labute approximate surface area is 215 Å². The molecular formula is C27H35FN2O7. The third-order valence-corrected chi connectivity index (χ3v) is 6.38. The lowest BCUT2D eigenvalue weighted by atomic mass is 9.94. The van der Waals surface area contributed by atoms with Crippen LogP contribution in [0.2, 0.25) is 0 Å². The molecule has 2 aromatic rings. The van der Waals surface area contributed by atoms with Gasteiger partial charge in [-0.05, 0) is 56.9 Å². The van der Waals surface area contributed by atoms with E-state index in [4.69, 9.17) is 19.0 Å². The van der Waals surface area contributed by atoms with Gasteiger partial charge in [0.25, 0.3) is 11.8 Å². The first-order valence-corrected chi connectivity index (χ1v) is 12.7. The fourth-order valence-corrected chi connectivity index (χ4v) is 4.71. The summed E-state index contributed by atoms with van der Waals surface area (Å²) in [6.07, 6.45) is 3.38. The van der Waals surface area contributed by atoms with Gasteiger partial charge in [-0.1, -0.05) is 25.0 Å². The second-order valence-corrected chi connectivity index (χ2v) is 9.06. The molecule has 2 amide bonds. The Balaban J connectivity index is 1.72. The van der Waals surface area contributed by atoms with E-state index in [0.717, 1.165) is 25.7 Å². The average molecular weight is 519 g/mol. The number of hydrogen-bond acceptors (Lipinski definition) is 6. The van der Waals surface area contributed by atoms with E-state index < -0.39 is 35.6 Å². The van der Waals surface area contributed by atoms with Gasteiger partial charge in [-0.25, -0.2) is 4.39 Å². The van der Waals surface area contributed by atoms with Crippen molar-refractivity contribution in [1.29, 1.82) is 0 Å². The predicted octanol–water partition coefficient (Wildman–Crippen LogP) is 4.47. The highest BCUT2D eigenvalue weighted by molar-refractivity contribution is 5.92. The molecule has 1 unspecified atom stereocenters. The summed E-state index contributed by atoms with van der Waals surface area (Å²) in [4.78, 5) is 37.3. The van der Waals surface area contributed by atoms with Crippen molar-refractivity contribution >= 4 is 17.8 Å². The number of carboxylic acids is 1. The van der Waals surface area contributed by atoms with Gasteiger partial charge in [0, 0.05) is 37.7 Å². The third-order valence-electron chi connectivity index (χ3n) is 6.38. The molecule has 1 fully saturated rings. The largest absolute Gasteiger partial charge is 0.481 e. The lowest BCUT2D eigenvalue weighted by molar-refractivity contribution is -0.254. The third kappa shape index (κ3) is 8.13. The number of ether oxygens (including phenoxy) is 2. The van der Waals surface area contributed by atoms with Crippen LogP contribution in [0.4, 0.5) is 4.39 Å². The Kier molecular flexibility index (Phi) is 10.2. The fourth-order valence-electron chi connectivity index (χ4n) is 4.71. The van der Waals surface area contributed by atoms with Crippen molar-refractivity contribution in [2.45, 2.75) is 70.7 Å². The molecule has 3 rings (SSSR count). The van der Waals surface area contributed by atoms with Crippen LogP contribution in [0.5, 0.6) is 0 Å². The molecule has 1 heterocycles. The van der Waals surface area contributed by atoms with E-state index in [1.807, 2.05) is 0 Å². The van der Waals surface area contributed by atoms with Crippen LogP contribution >= 0.6 is 0 Å². The van der Waals surface area contributed by atoms with Crippen molar-refractivity contribution in [3.05, 3.63) is 48.0 Å². The number of carboxylic acid groups (broad SMARTS) is 1. The van der Waals surface area contributed by atoms with Crippen molar-refractivity contribution < 1.29 is 37.8 Å². The summed E-state index contributed by atoms with van der Waals surface area (Å²) in [5.41, 5.74) is 0.510. The molecule has 10 heteroatoms. The highest BCUT2D eigenvalue weighted by atomic mass is 19.1. The van der Waals surface area contributed by atoms with E-state index in [1.165, 1.54) is 18.2 Å². The number of furan rings is 1. The zero-order valence-electron chi connectivity index (χ0n) is 21.3. The monoisotopic (exact) mass is 518 g/mol. The van der Waals surface area contributed by atoms with Gasteiger partial charge in [-0.2, -0.15) is 0 Å². The number of hydrogen-bond donors (Lipinski definition) is 3. The van der Waals surface area contributed by atoms with Crippen molar-refractivity contribution in [3.8, 4) is 11.3 Å². The topological polar surface area (TPSA) is 127 Å². The maximum Gasteiger partial charge on any atom is 0.303 e. The predicted molar refractivity (Wildman–Crippen MR) is 133 cm³/mol. The SMILES string of the molecule is CCOC(CCC(=O)O)(NC(=O)CC(NC(=O)c1ccc(-c2cccc(F)c2)o1)C1CCCC1)OCC. The minimum Gasteiger partial charge on any atom is -0.481 e. The van der Waals surface area contributed by atoms with Crippen molar-refractivity contribution in [3.63, 3.8) is 0 Å². The smallest absolute Gasteiger partial charge is 0.303 e. The molecule has 0 bridgehead atoms. The first-order valence-electron chi connectivity index (χ1n) is 12.7. The highest BCUT2D eigenvalue weighted by Crippen LogP contribution is 2.30. The van der Waals surface area contributed by atoms with Crippen molar-refractivity contribution in [2.24, 2.45) is 5.92 Å². The van der Waals surface area contributed by atoms with Crippen LogP contribution in [-0.4, -0.2) is 48.1 Å². The fraction of sp³-hybridized carbons (Fsp3) is 0.519. The molecule has 202 valence electrons. The molecule has 37 heavy (non-hydrogen) atoms. The van der Waals surface area contributed by atoms with E-state index >= 15 is 0 Å². The summed E-state index contributed by atoms with van der Waals surface area (Å²) >= 11 is 0. The van der Waals surface area contributed by atoms with E-state index in [-0.39, 0.29) is 44.2 Å². The summed E-state index contributed by atoms with van der Waals surface area (Å²) in [5.74, 6) is -3.40. The molecule has 1 saturated carbocycles. The van der Waals surface area contributed by atoms with Crippen LogP contribution in [-0.2, 0) is 19.1 Å². The minimum atomic E-state index is -1.57. The summed E-state index contributed by atoms with van der Waals surface area (Å²) in [6.45, 7) is 3.86. The Hall–Kier alpha value is -3.24. The lowest BCUT2D eigenvalue weighted by Gasteiger charge is -2.34. The zero-order chi connectivity index (χ0) is 26.8. The zero-order valence-corrected chi connectivity index (χ0v) is 21.3. The standard InChI is InChI=1S/C27H35FN2O7/c1-3-35-27(36-4-2,15-14-25(32)33)30-24(31)17-21(18-8-5-6-9-18)29-26(34)23-13-12-22(37-23)19-10-7-11-20(28)16-19/h7,10-13,16,18,21H,3-6,8-9,14-15,17H2,1-2H3,(H,29,34)(H,30,31)(H,32,33). The van der Waals surface area contributed by atoms with Gasteiger partial charge >= 0.3 is 5.97 Å². The maximum absolute atomic E-state index is 13.6. The molecule has 1 aliphatic carbocycles. The van der Waals surface area contributed by atoms with Gasteiger partial charge in [0.2, 0.25) is 5.91 Å². The second-order valence-electron chi connectivity index (χ2n) is 9.06. The maximum atomic E-state index is 13.6. The van der Waals surface area contributed by atoms with Gasteiger partial charge < -0.3 is 29.6 Å². The molecule has 1 aliphatic rings. The molecule has 1 atom stereocenters. The van der Waals surface area contributed by atoms with E-state index in [2.05, 4.69) is 10.6 Å². The summed E-state index contributed by atoms with van der Waals surface area (Å²) in [7, 11) is 0. The highest BCUT2D eigenvalue weighted by Gasteiger charge is 2.36. The van der Waals surface area contributed by atoms with Gasteiger partial charge in [-0.15, -0.1) is 0 Å². The van der Waals surface area contributed by atoms with Crippen LogP contribution < -0.4 is 10.6 Å². The minimum absolute atomic E-state index is 0.0389. The molecule has 0 saturated heterocycles. The van der Waals surface area contributed by atoms with Crippen LogP contribution in [0, 0.1) is 11.7 Å². The number of carbonyl (C=O) groups is 3. The van der Waals surface area contributed by atoms with E-state index in [9.17, 15) is 18.8 Å². The van der Waals surface area contributed by atoms with Crippen LogP contribution in [0.3, 0.4) is 0 Å². The number of benzene rings is 1. The van der Waals surface area contributed by atoms with E-state index in [1.54, 1.807) is 32.0 Å². The number of amides is 2. The molecule has 1 aromatic heterocycles. The van der Waals surface area contributed by atoms with Crippen molar-refractivity contribution in [2.75, 3.05) is 13.2 Å². The molecule has 3 N–H and O–H groups in total. The lowest BCUT2D eigenvalue weighted by Crippen LogP contribution is -2.55. The molecule has 0 aliphatic heterocycles. The molecular weight excluding hydrogens is 483 g/mol. The average Bonchev–Trinajstić information content (AvgIpc) is 3.55. The van der Waals surface area contributed by atoms with Gasteiger partial charge in [-0.3, -0.25) is 14.4 Å². The number of aliphatic carboxylic acids is 1. The van der Waals surface area contributed by atoms with E-state index in [0.29, 0.717) is 11.3 Å². The first-order chi connectivity index (χ1) is 17.7. The van der Waals surface area contributed by atoms with Crippen LogP contribution in [0.25, 0.3) is 11.3 Å². The molecule has 9 nitrogen and oxygen atoms in total. The number of carbonyl (C=O) groups excluding carboxylic acids is 2. The first kappa shape index (κ1) is 28.3. The number of halogens is 1. The molecule has 0 spiro atoms. The Morgan fingerprint density at radius 1 is 1.14 bits per heavy atom. The van der Waals surface area contributed by atoms with Gasteiger partial charge in [0.1, 0.15) is 11.6 Å². The second kappa shape index (κ2) is 13.3. The summed E-state index contributed by atoms with van der Waals surface area (Å²) in [5, 5.41) is 14.8. The summed E-state index contributed by atoms with van der Waals surface area (Å²) in [6, 6.07) is 8.53. The van der Waals surface area contributed by atoms with Gasteiger partial charge in [0.15, 0.2) is 5.76 Å². The molecule has 0 radical (unpaired) electrons.